The van der Waals surface area contributed by atoms with E-state index >= 15 is 0 Å². The van der Waals surface area contributed by atoms with Gasteiger partial charge in [0, 0.05) is 0 Å². The Morgan fingerprint density at radius 2 is 1.48 bits per heavy atom. The van der Waals surface area contributed by atoms with Gasteiger partial charge in [-0.15, -0.1) is 0 Å². The zero-order valence-electron chi connectivity index (χ0n) is 14.6. The van der Waals surface area contributed by atoms with Gasteiger partial charge in [0.25, 0.3) is 5.82 Å². The molecule has 0 atom stereocenters. The Hall–Kier alpha value is -3.13. The second kappa shape index (κ2) is 6.40. The van der Waals surface area contributed by atoms with Crippen molar-refractivity contribution in [3.63, 3.8) is 0 Å². The van der Waals surface area contributed by atoms with Crippen molar-refractivity contribution in [3.8, 4) is 28.2 Å². The summed E-state index contributed by atoms with van der Waals surface area (Å²) in [6, 6.07) is 27.7. The SMILES string of the molecule is Cc1ccccc1-c1n(-c2cccc(-c3ccccc3)c2)cc[n+]1C. The van der Waals surface area contributed by atoms with E-state index in [9.17, 15) is 0 Å². The highest BCUT2D eigenvalue weighted by atomic mass is 15.1. The van der Waals surface area contributed by atoms with Crippen LogP contribution < -0.4 is 4.57 Å². The van der Waals surface area contributed by atoms with Crippen LogP contribution in [-0.2, 0) is 7.05 Å². The van der Waals surface area contributed by atoms with E-state index in [1.807, 2.05) is 0 Å². The minimum Gasteiger partial charge on any atom is -0.232 e. The molecule has 0 radical (unpaired) electrons. The van der Waals surface area contributed by atoms with Crippen LogP contribution in [0.25, 0.3) is 28.2 Å². The molecular formula is C23H21N2+. The summed E-state index contributed by atoms with van der Waals surface area (Å²) in [5, 5.41) is 0. The number of imidazole rings is 1. The van der Waals surface area contributed by atoms with E-state index in [2.05, 4.69) is 114 Å². The molecule has 0 aliphatic carbocycles. The third-order valence-electron chi connectivity index (χ3n) is 4.62. The van der Waals surface area contributed by atoms with Crippen LogP contribution in [0.15, 0.2) is 91.3 Å². The maximum absolute atomic E-state index is 2.26. The van der Waals surface area contributed by atoms with E-state index in [1.54, 1.807) is 0 Å². The molecule has 1 heterocycles. The van der Waals surface area contributed by atoms with Crippen LogP contribution in [0.2, 0.25) is 0 Å². The van der Waals surface area contributed by atoms with E-state index in [1.165, 1.54) is 33.8 Å². The summed E-state index contributed by atoms with van der Waals surface area (Å²) in [7, 11) is 2.10. The summed E-state index contributed by atoms with van der Waals surface area (Å²) in [5.41, 5.74) is 6.15. The fraction of sp³-hybridized carbons (Fsp3) is 0.0870. The normalized spacial score (nSPS) is 10.8. The molecule has 0 aliphatic rings. The third kappa shape index (κ3) is 2.87. The van der Waals surface area contributed by atoms with Crippen molar-refractivity contribution in [1.29, 1.82) is 0 Å². The van der Waals surface area contributed by atoms with Crippen molar-refractivity contribution in [2.45, 2.75) is 6.92 Å². The molecule has 122 valence electrons. The quantitative estimate of drug-likeness (QED) is 0.472. The van der Waals surface area contributed by atoms with Gasteiger partial charge in [-0.2, -0.15) is 4.57 Å². The van der Waals surface area contributed by atoms with Crippen molar-refractivity contribution in [1.82, 2.24) is 4.57 Å². The maximum Gasteiger partial charge on any atom is 0.294 e. The molecule has 2 heteroatoms. The van der Waals surface area contributed by atoms with E-state index < -0.39 is 0 Å². The lowest BCUT2D eigenvalue weighted by molar-refractivity contribution is -0.659. The minimum absolute atomic E-state index is 1.17. The molecule has 0 unspecified atom stereocenters. The summed E-state index contributed by atoms with van der Waals surface area (Å²) in [6.45, 7) is 2.16. The monoisotopic (exact) mass is 325 g/mol. The first-order valence-electron chi connectivity index (χ1n) is 8.53. The van der Waals surface area contributed by atoms with Crippen molar-refractivity contribution in [3.05, 3.63) is 96.8 Å². The number of rotatable bonds is 3. The highest BCUT2D eigenvalue weighted by Crippen LogP contribution is 2.26. The standard InChI is InChI=1S/C23H21N2/c1-18-9-6-7-14-22(18)23-24(2)15-16-25(23)21-13-8-12-20(17-21)19-10-4-3-5-11-19/h3-17H,1-2H3/q+1. The van der Waals surface area contributed by atoms with Gasteiger partial charge in [-0.25, -0.2) is 4.57 Å². The predicted molar refractivity (Wildman–Crippen MR) is 103 cm³/mol. The summed E-state index contributed by atoms with van der Waals surface area (Å²) in [5.74, 6) is 1.18. The summed E-state index contributed by atoms with van der Waals surface area (Å²) < 4.78 is 4.44. The minimum atomic E-state index is 1.17. The highest BCUT2D eigenvalue weighted by Gasteiger charge is 2.20. The fourth-order valence-corrected chi connectivity index (χ4v) is 3.30. The lowest BCUT2D eigenvalue weighted by Gasteiger charge is -2.07. The average molecular weight is 325 g/mol. The lowest BCUT2D eigenvalue weighted by atomic mass is 10.0. The van der Waals surface area contributed by atoms with Crippen molar-refractivity contribution in [2.24, 2.45) is 7.05 Å². The first kappa shape index (κ1) is 15.4. The van der Waals surface area contributed by atoms with Crippen molar-refractivity contribution < 1.29 is 4.57 Å². The maximum atomic E-state index is 2.26. The Morgan fingerprint density at radius 3 is 2.28 bits per heavy atom. The smallest absolute Gasteiger partial charge is 0.232 e. The molecule has 0 saturated heterocycles. The first-order chi connectivity index (χ1) is 12.2. The first-order valence-corrected chi connectivity index (χ1v) is 8.53. The van der Waals surface area contributed by atoms with Gasteiger partial charge >= 0.3 is 0 Å². The summed E-state index contributed by atoms with van der Waals surface area (Å²) >= 11 is 0. The lowest BCUT2D eigenvalue weighted by Crippen LogP contribution is -2.29. The second-order valence-corrected chi connectivity index (χ2v) is 6.33. The molecule has 25 heavy (non-hydrogen) atoms. The van der Waals surface area contributed by atoms with Gasteiger partial charge in [0.15, 0.2) is 0 Å². The number of hydrogen-bond donors (Lipinski definition) is 0. The van der Waals surface area contributed by atoms with Crippen LogP contribution in [0.1, 0.15) is 5.56 Å². The fourth-order valence-electron chi connectivity index (χ4n) is 3.30. The number of nitrogens with zero attached hydrogens (tertiary/aromatic N) is 2. The number of aromatic nitrogens is 2. The van der Waals surface area contributed by atoms with Crippen LogP contribution in [0, 0.1) is 6.92 Å². The van der Waals surface area contributed by atoms with E-state index in [4.69, 9.17) is 0 Å². The van der Waals surface area contributed by atoms with Crippen LogP contribution in [0.4, 0.5) is 0 Å². The predicted octanol–water partition coefficient (Wildman–Crippen LogP) is 4.94. The largest absolute Gasteiger partial charge is 0.294 e. The molecule has 2 nitrogen and oxygen atoms in total. The van der Waals surface area contributed by atoms with Crippen molar-refractivity contribution in [2.75, 3.05) is 0 Å². The molecule has 0 saturated carbocycles. The molecule has 4 aromatic rings. The molecule has 0 fully saturated rings. The zero-order chi connectivity index (χ0) is 17.2. The number of hydrogen-bond acceptors (Lipinski definition) is 0. The van der Waals surface area contributed by atoms with Gasteiger partial charge < -0.3 is 0 Å². The topological polar surface area (TPSA) is 8.81 Å². The molecule has 0 amide bonds. The summed E-state index contributed by atoms with van der Waals surface area (Å²) in [6.07, 6.45) is 4.24. The Bertz CT molecular complexity index is 1010. The Kier molecular flexibility index (Phi) is 3.95. The highest BCUT2D eigenvalue weighted by molar-refractivity contribution is 5.67. The second-order valence-electron chi connectivity index (χ2n) is 6.33. The van der Waals surface area contributed by atoms with Crippen LogP contribution in [0.3, 0.4) is 0 Å². The molecular weight excluding hydrogens is 304 g/mol. The van der Waals surface area contributed by atoms with E-state index in [0.717, 1.165) is 0 Å². The van der Waals surface area contributed by atoms with Gasteiger partial charge in [0.2, 0.25) is 0 Å². The zero-order valence-corrected chi connectivity index (χ0v) is 14.6. The van der Waals surface area contributed by atoms with Gasteiger partial charge in [-0.05, 0) is 41.8 Å². The third-order valence-corrected chi connectivity index (χ3v) is 4.62. The summed E-state index contributed by atoms with van der Waals surface area (Å²) in [4.78, 5) is 0. The Labute approximate surface area is 148 Å². The number of benzene rings is 3. The number of aryl methyl sites for hydroxylation is 2. The van der Waals surface area contributed by atoms with Crippen LogP contribution >= 0.6 is 0 Å². The Balaban J connectivity index is 1.86. The van der Waals surface area contributed by atoms with E-state index in [0.29, 0.717) is 0 Å². The Morgan fingerprint density at radius 1 is 0.760 bits per heavy atom. The molecule has 1 aromatic heterocycles. The molecule has 4 rings (SSSR count). The average Bonchev–Trinajstić information content (AvgIpc) is 3.04. The van der Waals surface area contributed by atoms with Gasteiger partial charge in [0.1, 0.15) is 18.1 Å². The molecule has 0 aliphatic heterocycles. The van der Waals surface area contributed by atoms with Gasteiger partial charge in [-0.1, -0.05) is 60.7 Å². The molecule has 3 aromatic carbocycles. The van der Waals surface area contributed by atoms with Gasteiger partial charge in [0.05, 0.1) is 12.6 Å². The van der Waals surface area contributed by atoms with Crippen LogP contribution in [0.5, 0.6) is 0 Å². The molecule has 0 spiro atoms. The molecule has 0 N–H and O–H groups in total. The van der Waals surface area contributed by atoms with Gasteiger partial charge in [-0.3, -0.25) is 0 Å². The van der Waals surface area contributed by atoms with E-state index in [-0.39, 0.29) is 0 Å². The van der Waals surface area contributed by atoms with Crippen LogP contribution in [-0.4, -0.2) is 4.57 Å². The van der Waals surface area contributed by atoms with Crippen molar-refractivity contribution >= 4 is 0 Å². The molecule has 0 bridgehead atoms.